The van der Waals surface area contributed by atoms with Gasteiger partial charge in [0.2, 0.25) is 0 Å². The van der Waals surface area contributed by atoms with Gasteiger partial charge in [0.15, 0.2) is 0 Å². The molecule has 0 bridgehead atoms. The molecule has 2 saturated carbocycles. The fourth-order valence-corrected chi connectivity index (χ4v) is 6.41. The molecule has 3 rings (SSSR count). The zero-order chi connectivity index (χ0) is 16.9. The lowest BCUT2D eigenvalue weighted by Crippen LogP contribution is -2.55. The molecule has 0 aliphatic heterocycles. The van der Waals surface area contributed by atoms with Crippen molar-refractivity contribution in [3.8, 4) is 0 Å². The first-order valence-corrected chi connectivity index (χ1v) is 9.39. The lowest BCUT2D eigenvalue weighted by molar-refractivity contribution is -0.164. The van der Waals surface area contributed by atoms with Crippen molar-refractivity contribution in [1.82, 2.24) is 0 Å². The number of carboxylic acid groups (broad SMARTS) is 1. The Hall–Kier alpha value is -0.830. The van der Waals surface area contributed by atoms with E-state index in [1.54, 1.807) is 0 Å². The Morgan fingerprint density at radius 1 is 1.26 bits per heavy atom. The Labute approximate surface area is 140 Å². The molecule has 2 fully saturated rings. The van der Waals surface area contributed by atoms with Crippen molar-refractivity contribution in [1.29, 1.82) is 0 Å². The van der Waals surface area contributed by atoms with Gasteiger partial charge in [-0.2, -0.15) is 0 Å². The predicted octanol–water partition coefficient (Wildman–Crippen LogP) is 4.40. The SMILES string of the molecule is CC[C@@]1(C(=O)O)CCC[C@@]2(C)C3=CCC[C@](C)(CO)[C@@H]3CC[C@H]12. The molecule has 130 valence electrons. The maximum atomic E-state index is 12.2. The van der Waals surface area contributed by atoms with Crippen LogP contribution >= 0.6 is 0 Å². The average molecular weight is 320 g/mol. The molecule has 0 unspecified atom stereocenters. The molecular weight excluding hydrogens is 288 g/mol. The second-order valence-electron chi connectivity index (χ2n) is 8.78. The van der Waals surface area contributed by atoms with Gasteiger partial charge in [0.05, 0.1) is 5.41 Å². The van der Waals surface area contributed by atoms with E-state index in [9.17, 15) is 15.0 Å². The number of fused-ring (bicyclic) bond motifs is 3. The number of hydrogen-bond donors (Lipinski definition) is 2. The molecule has 0 amide bonds. The van der Waals surface area contributed by atoms with Crippen LogP contribution < -0.4 is 0 Å². The Bertz CT molecular complexity index is 525. The van der Waals surface area contributed by atoms with Gasteiger partial charge in [-0.25, -0.2) is 0 Å². The van der Waals surface area contributed by atoms with Crippen LogP contribution in [0.15, 0.2) is 11.6 Å². The first kappa shape index (κ1) is 17.0. The summed E-state index contributed by atoms with van der Waals surface area (Å²) in [4.78, 5) is 12.2. The van der Waals surface area contributed by atoms with Crippen LogP contribution in [-0.4, -0.2) is 22.8 Å². The van der Waals surface area contributed by atoms with Crippen molar-refractivity contribution in [2.45, 2.75) is 72.1 Å². The van der Waals surface area contributed by atoms with E-state index in [1.165, 1.54) is 5.57 Å². The summed E-state index contributed by atoms with van der Waals surface area (Å²) in [5, 5.41) is 20.0. The van der Waals surface area contributed by atoms with E-state index in [1.807, 2.05) is 0 Å². The smallest absolute Gasteiger partial charge is 0.309 e. The van der Waals surface area contributed by atoms with E-state index in [2.05, 4.69) is 26.8 Å². The van der Waals surface area contributed by atoms with Gasteiger partial charge in [-0.3, -0.25) is 4.79 Å². The second-order valence-corrected chi connectivity index (χ2v) is 8.78. The van der Waals surface area contributed by atoms with Crippen molar-refractivity contribution < 1.29 is 15.0 Å². The van der Waals surface area contributed by atoms with Gasteiger partial charge in [0.1, 0.15) is 0 Å². The third kappa shape index (κ3) is 2.22. The van der Waals surface area contributed by atoms with Crippen molar-refractivity contribution >= 4 is 5.97 Å². The van der Waals surface area contributed by atoms with E-state index in [0.717, 1.165) is 51.4 Å². The largest absolute Gasteiger partial charge is 0.481 e. The zero-order valence-corrected chi connectivity index (χ0v) is 14.9. The Kier molecular flexibility index (Phi) is 4.15. The number of rotatable bonds is 3. The van der Waals surface area contributed by atoms with Crippen LogP contribution in [0.4, 0.5) is 0 Å². The molecule has 3 aliphatic carbocycles. The minimum Gasteiger partial charge on any atom is -0.481 e. The average Bonchev–Trinajstić information content (AvgIpc) is 2.54. The molecule has 0 aromatic heterocycles. The molecule has 2 N–H and O–H groups in total. The van der Waals surface area contributed by atoms with Gasteiger partial charge in [-0.15, -0.1) is 0 Å². The standard InChI is InChI=1S/C20H32O3/c1-4-20(17(22)23)12-6-11-19(3)15-7-5-10-18(2,13-21)14(15)8-9-16(19)20/h7,14,16,21H,4-6,8-13H2,1-3H3,(H,22,23)/t14-,16+,18-,19+,20-/m1/s1. The van der Waals surface area contributed by atoms with E-state index >= 15 is 0 Å². The van der Waals surface area contributed by atoms with Crippen LogP contribution in [0, 0.1) is 28.1 Å². The summed E-state index contributed by atoms with van der Waals surface area (Å²) in [6.07, 6.45) is 10.2. The molecule has 0 saturated heterocycles. The summed E-state index contributed by atoms with van der Waals surface area (Å²) in [5.74, 6) is 0.0921. The number of aliphatic hydroxyl groups is 1. The Morgan fingerprint density at radius 2 is 2.00 bits per heavy atom. The molecule has 0 heterocycles. The highest BCUT2D eigenvalue weighted by Gasteiger charge is 2.60. The topological polar surface area (TPSA) is 57.5 Å². The Balaban J connectivity index is 2.04. The van der Waals surface area contributed by atoms with Crippen LogP contribution in [0.3, 0.4) is 0 Å². The van der Waals surface area contributed by atoms with Crippen LogP contribution in [0.5, 0.6) is 0 Å². The summed E-state index contributed by atoms with van der Waals surface area (Å²) < 4.78 is 0. The van der Waals surface area contributed by atoms with Crippen LogP contribution in [0.2, 0.25) is 0 Å². The van der Waals surface area contributed by atoms with Gasteiger partial charge in [0, 0.05) is 6.61 Å². The van der Waals surface area contributed by atoms with Gasteiger partial charge < -0.3 is 10.2 Å². The number of hydrogen-bond acceptors (Lipinski definition) is 2. The highest BCUT2D eigenvalue weighted by Crippen LogP contribution is 2.65. The molecule has 3 nitrogen and oxygen atoms in total. The second kappa shape index (κ2) is 5.61. The van der Waals surface area contributed by atoms with E-state index in [4.69, 9.17) is 0 Å². The Morgan fingerprint density at radius 3 is 2.61 bits per heavy atom. The third-order valence-electron chi connectivity index (χ3n) is 7.87. The highest BCUT2D eigenvalue weighted by atomic mass is 16.4. The molecule has 0 aromatic rings. The monoisotopic (exact) mass is 320 g/mol. The number of carboxylic acids is 1. The van der Waals surface area contributed by atoms with E-state index in [0.29, 0.717) is 5.92 Å². The number of carbonyl (C=O) groups is 1. The lowest BCUT2D eigenvalue weighted by Gasteiger charge is -2.60. The molecule has 0 spiro atoms. The maximum absolute atomic E-state index is 12.2. The van der Waals surface area contributed by atoms with Gasteiger partial charge in [0.25, 0.3) is 0 Å². The number of allylic oxidation sites excluding steroid dienone is 2. The maximum Gasteiger partial charge on any atom is 0.309 e. The molecule has 0 radical (unpaired) electrons. The fourth-order valence-electron chi connectivity index (χ4n) is 6.41. The molecule has 3 aliphatic rings. The first-order valence-electron chi connectivity index (χ1n) is 9.39. The minimum absolute atomic E-state index is 0.00637. The van der Waals surface area contributed by atoms with Gasteiger partial charge >= 0.3 is 5.97 Å². The molecule has 0 aromatic carbocycles. The predicted molar refractivity (Wildman–Crippen MR) is 91.0 cm³/mol. The molecular formula is C20H32O3. The first-order chi connectivity index (χ1) is 10.8. The van der Waals surface area contributed by atoms with E-state index in [-0.39, 0.29) is 23.4 Å². The number of aliphatic carboxylic acids is 1. The minimum atomic E-state index is -0.587. The molecule has 5 atom stereocenters. The highest BCUT2D eigenvalue weighted by molar-refractivity contribution is 5.75. The van der Waals surface area contributed by atoms with Crippen molar-refractivity contribution in [3.05, 3.63) is 11.6 Å². The normalized spacial score (nSPS) is 46.5. The summed E-state index contributed by atoms with van der Waals surface area (Å²) in [7, 11) is 0. The van der Waals surface area contributed by atoms with Crippen molar-refractivity contribution in [2.75, 3.05) is 6.61 Å². The van der Waals surface area contributed by atoms with Crippen LogP contribution in [0.25, 0.3) is 0 Å². The molecule has 3 heteroatoms. The van der Waals surface area contributed by atoms with Crippen molar-refractivity contribution in [3.63, 3.8) is 0 Å². The molecule has 23 heavy (non-hydrogen) atoms. The number of aliphatic hydroxyl groups excluding tert-OH is 1. The van der Waals surface area contributed by atoms with Gasteiger partial charge in [-0.1, -0.05) is 38.8 Å². The van der Waals surface area contributed by atoms with Crippen LogP contribution in [0.1, 0.15) is 72.1 Å². The quantitative estimate of drug-likeness (QED) is 0.758. The summed E-state index contributed by atoms with van der Waals surface area (Å²) in [6.45, 7) is 6.85. The third-order valence-corrected chi connectivity index (χ3v) is 7.87. The van der Waals surface area contributed by atoms with Gasteiger partial charge in [-0.05, 0) is 67.6 Å². The summed E-state index contributed by atoms with van der Waals surface area (Å²) in [5.41, 5.74) is 0.918. The summed E-state index contributed by atoms with van der Waals surface area (Å²) in [6, 6.07) is 0. The lowest BCUT2D eigenvalue weighted by atomic mass is 9.44. The van der Waals surface area contributed by atoms with Crippen LogP contribution in [-0.2, 0) is 4.79 Å². The zero-order valence-electron chi connectivity index (χ0n) is 14.9. The fraction of sp³-hybridized carbons (Fsp3) is 0.850. The van der Waals surface area contributed by atoms with E-state index < -0.39 is 11.4 Å². The summed E-state index contributed by atoms with van der Waals surface area (Å²) >= 11 is 0. The van der Waals surface area contributed by atoms with Crippen molar-refractivity contribution in [2.24, 2.45) is 28.1 Å².